The van der Waals surface area contributed by atoms with E-state index in [0.29, 0.717) is 11.3 Å². The lowest BCUT2D eigenvalue weighted by molar-refractivity contribution is 0.0981. The van der Waals surface area contributed by atoms with Crippen molar-refractivity contribution in [3.8, 4) is 5.75 Å². The molecule has 1 atom stereocenters. The molecule has 0 aliphatic carbocycles. The molecular formula is C17H17ClO2. The zero-order chi connectivity index (χ0) is 14.5. The molecular weight excluding hydrogens is 272 g/mol. The molecule has 2 aromatic carbocycles. The molecule has 1 unspecified atom stereocenters. The van der Waals surface area contributed by atoms with Crippen LogP contribution in [0.1, 0.15) is 35.1 Å². The quantitative estimate of drug-likeness (QED) is 0.592. The maximum Gasteiger partial charge on any atom is 0.188 e. The number of rotatable bonds is 5. The van der Waals surface area contributed by atoms with Gasteiger partial charge in [0.1, 0.15) is 11.1 Å². The Kier molecular flexibility index (Phi) is 4.80. The van der Waals surface area contributed by atoms with Gasteiger partial charge < -0.3 is 4.74 Å². The largest absolute Gasteiger partial charge is 0.490 e. The van der Waals surface area contributed by atoms with Gasteiger partial charge in [-0.3, -0.25) is 4.79 Å². The van der Waals surface area contributed by atoms with Gasteiger partial charge >= 0.3 is 0 Å². The van der Waals surface area contributed by atoms with Crippen LogP contribution in [0.4, 0.5) is 0 Å². The molecule has 0 saturated carbocycles. The number of carbonyl (C=O) groups excluding carboxylic acids is 1. The van der Waals surface area contributed by atoms with Crippen molar-refractivity contribution in [1.29, 1.82) is 0 Å². The van der Waals surface area contributed by atoms with Crippen molar-refractivity contribution < 1.29 is 9.53 Å². The number of ketones is 1. The minimum absolute atomic E-state index is 0.00875. The summed E-state index contributed by atoms with van der Waals surface area (Å²) in [6.07, 6.45) is 0.00875. The molecule has 0 spiro atoms. The third kappa shape index (κ3) is 3.40. The monoisotopic (exact) mass is 288 g/mol. The average Bonchev–Trinajstić information content (AvgIpc) is 2.46. The van der Waals surface area contributed by atoms with E-state index < -0.39 is 5.38 Å². The van der Waals surface area contributed by atoms with Crippen molar-refractivity contribution in [2.75, 3.05) is 0 Å². The number of ether oxygens (including phenoxy) is 1. The highest BCUT2D eigenvalue weighted by molar-refractivity contribution is 6.34. The van der Waals surface area contributed by atoms with Crippen LogP contribution in [0.25, 0.3) is 0 Å². The van der Waals surface area contributed by atoms with Crippen LogP contribution >= 0.6 is 11.6 Å². The molecule has 0 radical (unpaired) electrons. The number of carbonyl (C=O) groups is 1. The lowest BCUT2D eigenvalue weighted by Gasteiger charge is -2.15. The van der Waals surface area contributed by atoms with E-state index in [1.54, 1.807) is 12.1 Å². The highest BCUT2D eigenvalue weighted by Crippen LogP contribution is 2.29. The molecule has 2 aromatic rings. The van der Waals surface area contributed by atoms with Crippen LogP contribution in [0.15, 0.2) is 54.6 Å². The molecule has 104 valence electrons. The molecule has 2 rings (SSSR count). The topological polar surface area (TPSA) is 26.3 Å². The van der Waals surface area contributed by atoms with Crippen LogP contribution in [0.5, 0.6) is 5.75 Å². The lowest BCUT2D eigenvalue weighted by atomic mass is 10.0. The molecule has 0 N–H and O–H groups in total. The van der Waals surface area contributed by atoms with E-state index in [1.807, 2.05) is 56.3 Å². The summed E-state index contributed by atoms with van der Waals surface area (Å²) < 4.78 is 5.67. The zero-order valence-corrected chi connectivity index (χ0v) is 12.3. The van der Waals surface area contributed by atoms with Crippen molar-refractivity contribution in [2.45, 2.75) is 25.3 Å². The number of halogens is 1. The van der Waals surface area contributed by atoms with Gasteiger partial charge in [0.2, 0.25) is 0 Å². The Labute approximate surface area is 124 Å². The number of hydrogen-bond donors (Lipinski definition) is 0. The normalized spacial score (nSPS) is 12.2. The summed E-state index contributed by atoms with van der Waals surface area (Å²) in [4.78, 5) is 12.5. The van der Waals surface area contributed by atoms with E-state index in [4.69, 9.17) is 16.3 Å². The molecule has 20 heavy (non-hydrogen) atoms. The van der Waals surface area contributed by atoms with Gasteiger partial charge in [-0.15, -0.1) is 11.6 Å². The van der Waals surface area contributed by atoms with Crippen molar-refractivity contribution >= 4 is 17.4 Å². The van der Waals surface area contributed by atoms with Crippen LogP contribution in [0.3, 0.4) is 0 Å². The van der Waals surface area contributed by atoms with Gasteiger partial charge in [-0.2, -0.15) is 0 Å². The fraction of sp³-hybridized carbons (Fsp3) is 0.235. The standard InChI is InChI=1S/C17H17ClO2/c1-12(2)20-15-11-7-6-10-14(15)17(19)16(18)13-8-4-3-5-9-13/h3-12,16H,1-2H3. The third-order valence-corrected chi connectivity index (χ3v) is 3.29. The minimum atomic E-state index is -0.701. The smallest absolute Gasteiger partial charge is 0.188 e. The van der Waals surface area contributed by atoms with Crippen molar-refractivity contribution in [2.24, 2.45) is 0 Å². The summed E-state index contributed by atoms with van der Waals surface area (Å²) in [5.74, 6) is 0.434. The van der Waals surface area contributed by atoms with Gasteiger partial charge in [0.15, 0.2) is 5.78 Å². The molecule has 3 heteroatoms. The van der Waals surface area contributed by atoms with Gasteiger partial charge in [0.25, 0.3) is 0 Å². The van der Waals surface area contributed by atoms with Crippen LogP contribution in [-0.4, -0.2) is 11.9 Å². The van der Waals surface area contributed by atoms with E-state index in [0.717, 1.165) is 5.56 Å². The molecule has 0 fully saturated rings. The predicted molar refractivity (Wildman–Crippen MR) is 81.6 cm³/mol. The first-order chi connectivity index (χ1) is 9.59. The summed E-state index contributed by atoms with van der Waals surface area (Å²) in [6, 6.07) is 16.5. The SMILES string of the molecule is CC(C)Oc1ccccc1C(=O)C(Cl)c1ccccc1. The fourth-order valence-corrected chi connectivity index (χ4v) is 2.20. The van der Waals surface area contributed by atoms with Crippen molar-refractivity contribution in [1.82, 2.24) is 0 Å². The second kappa shape index (κ2) is 6.58. The van der Waals surface area contributed by atoms with E-state index in [9.17, 15) is 4.79 Å². The Hall–Kier alpha value is -1.80. The highest BCUT2D eigenvalue weighted by Gasteiger charge is 2.22. The van der Waals surface area contributed by atoms with E-state index >= 15 is 0 Å². The van der Waals surface area contributed by atoms with Crippen LogP contribution in [0.2, 0.25) is 0 Å². The van der Waals surface area contributed by atoms with Crippen LogP contribution < -0.4 is 4.74 Å². The molecule has 0 aliphatic rings. The van der Waals surface area contributed by atoms with Gasteiger partial charge in [-0.1, -0.05) is 42.5 Å². The average molecular weight is 289 g/mol. The molecule has 0 aliphatic heterocycles. The number of para-hydroxylation sites is 1. The van der Waals surface area contributed by atoms with Gasteiger partial charge in [0.05, 0.1) is 11.7 Å². The van der Waals surface area contributed by atoms with Gasteiger partial charge in [-0.25, -0.2) is 0 Å². The first-order valence-corrected chi connectivity index (χ1v) is 7.02. The van der Waals surface area contributed by atoms with Crippen molar-refractivity contribution in [3.05, 3.63) is 65.7 Å². The Balaban J connectivity index is 2.29. The summed E-state index contributed by atoms with van der Waals surface area (Å²) >= 11 is 6.29. The minimum Gasteiger partial charge on any atom is -0.490 e. The molecule has 0 amide bonds. The van der Waals surface area contributed by atoms with E-state index in [-0.39, 0.29) is 11.9 Å². The summed E-state index contributed by atoms with van der Waals surface area (Å²) in [5.41, 5.74) is 1.31. The Morgan fingerprint density at radius 1 is 1.00 bits per heavy atom. The van der Waals surface area contributed by atoms with E-state index in [1.165, 1.54) is 0 Å². The van der Waals surface area contributed by atoms with E-state index in [2.05, 4.69) is 0 Å². The van der Waals surface area contributed by atoms with Gasteiger partial charge in [0, 0.05) is 0 Å². The first-order valence-electron chi connectivity index (χ1n) is 6.58. The molecule has 2 nitrogen and oxygen atoms in total. The summed E-state index contributed by atoms with van der Waals surface area (Å²) in [6.45, 7) is 3.85. The third-order valence-electron chi connectivity index (χ3n) is 2.84. The number of hydrogen-bond acceptors (Lipinski definition) is 2. The Bertz CT molecular complexity index is 579. The molecule has 0 aromatic heterocycles. The molecule has 0 heterocycles. The van der Waals surface area contributed by atoms with Gasteiger partial charge in [-0.05, 0) is 31.5 Å². The molecule has 0 saturated heterocycles. The number of Topliss-reactive ketones (excluding diaryl/α,β-unsaturated/α-hetero) is 1. The fourth-order valence-electron chi connectivity index (χ4n) is 1.94. The van der Waals surface area contributed by atoms with Crippen LogP contribution in [-0.2, 0) is 0 Å². The Morgan fingerprint density at radius 2 is 1.60 bits per heavy atom. The summed E-state index contributed by atoms with van der Waals surface area (Å²) in [5, 5.41) is -0.701. The first kappa shape index (κ1) is 14.6. The number of benzene rings is 2. The highest BCUT2D eigenvalue weighted by atomic mass is 35.5. The number of alkyl halides is 1. The maximum absolute atomic E-state index is 12.5. The Morgan fingerprint density at radius 3 is 2.25 bits per heavy atom. The lowest BCUT2D eigenvalue weighted by Crippen LogP contribution is -2.13. The predicted octanol–water partition coefficient (Wildman–Crippen LogP) is 4.64. The second-order valence-corrected chi connectivity index (χ2v) is 5.24. The van der Waals surface area contributed by atoms with Crippen molar-refractivity contribution in [3.63, 3.8) is 0 Å². The van der Waals surface area contributed by atoms with Crippen LogP contribution in [0, 0.1) is 0 Å². The second-order valence-electron chi connectivity index (χ2n) is 4.80. The molecule has 0 bridgehead atoms. The maximum atomic E-state index is 12.5. The summed E-state index contributed by atoms with van der Waals surface area (Å²) in [7, 11) is 0. The zero-order valence-electron chi connectivity index (χ0n) is 11.5.